The van der Waals surface area contributed by atoms with Gasteiger partial charge < -0.3 is 24.4 Å². The van der Waals surface area contributed by atoms with E-state index in [9.17, 15) is 41.4 Å². The predicted molar refractivity (Wildman–Crippen MR) is 135 cm³/mol. The Kier molecular flexibility index (Phi) is 9.61. The third-order valence-electron chi connectivity index (χ3n) is 9.26. The zero-order valence-corrected chi connectivity index (χ0v) is 24.4. The highest BCUT2D eigenvalue weighted by Gasteiger charge is 2.67. The third-order valence-corrected chi connectivity index (χ3v) is 9.26. The van der Waals surface area contributed by atoms with Gasteiger partial charge in [-0.1, -0.05) is 32.3 Å². The van der Waals surface area contributed by atoms with Gasteiger partial charge in [-0.05, 0) is 74.1 Å². The standard InChI is InChI=1S/C28H44F6O6/c1-18(2)20(35)38-17-19(25(13-9-10-14-25)39-21(3,4)23(7,36)27(29,30)31)26(15-11-12-16-26)40-22(5,6)24(8,37)28(32,33)34/h19,36-37H,1,9-17H2,2-8H3. The minimum atomic E-state index is -5.06. The molecule has 0 aromatic carbocycles. The van der Waals surface area contributed by atoms with Gasteiger partial charge in [0.1, 0.15) is 11.2 Å². The van der Waals surface area contributed by atoms with Crippen molar-refractivity contribution in [3.8, 4) is 0 Å². The van der Waals surface area contributed by atoms with Gasteiger partial charge in [0.15, 0.2) is 11.2 Å². The highest BCUT2D eigenvalue weighted by molar-refractivity contribution is 5.86. The van der Waals surface area contributed by atoms with Gasteiger partial charge >= 0.3 is 18.3 Å². The summed E-state index contributed by atoms with van der Waals surface area (Å²) in [5.74, 6) is -1.81. The summed E-state index contributed by atoms with van der Waals surface area (Å²) in [4.78, 5) is 12.5. The van der Waals surface area contributed by atoms with E-state index in [1.807, 2.05) is 0 Å². The van der Waals surface area contributed by atoms with Crippen LogP contribution in [0.5, 0.6) is 0 Å². The molecule has 40 heavy (non-hydrogen) atoms. The molecule has 2 saturated carbocycles. The summed E-state index contributed by atoms with van der Waals surface area (Å²) in [6, 6.07) is 0. The molecule has 0 bridgehead atoms. The lowest BCUT2D eigenvalue weighted by molar-refractivity contribution is -0.355. The van der Waals surface area contributed by atoms with Gasteiger partial charge in [0.05, 0.1) is 23.7 Å². The van der Waals surface area contributed by atoms with Crippen molar-refractivity contribution in [3.05, 3.63) is 12.2 Å². The number of ether oxygens (including phenoxy) is 3. The average molecular weight is 591 g/mol. The largest absolute Gasteiger partial charge is 0.462 e. The molecule has 2 aliphatic rings. The second-order valence-electron chi connectivity index (χ2n) is 12.8. The van der Waals surface area contributed by atoms with Crippen LogP contribution in [0.15, 0.2) is 12.2 Å². The molecular formula is C28H44F6O6. The molecule has 2 atom stereocenters. The van der Waals surface area contributed by atoms with Gasteiger partial charge in [-0.3, -0.25) is 0 Å². The molecule has 2 N–H and O–H groups in total. The molecule has 2 aliphatic carbocycles. The SMILES string of the molecule is C=C(C)C(=O)OCC(C1(OC(C)(C)C(C)(O)C(F)(F)F)CCCC1)C1(OC(C)(C)C(C)(O)C(F)(F)F)CCCC1. The Morgan fingerprint density at radius 3 is 1.30 bits per heavy atom. The summed E-state index contributed by atoms with van der Waals surface area (Å²) in [6.07, 6.45) is -7.25. The van der Waals surface area contributed by atoms with Crippen LogP contribution in [-0.4, -0.2) is 68.7 Å². The summed E-state index contributed by atoms with van der Waals surface area (Å²) in [7, 11) is 0. The number of rotatable bonds is 11. The number of alkyl halides is 6. The van der Waals surface area contributed by atoms with Crippen LogP contribution in [0.2, 0.25) is 0 Å². The zero-order chi connectivity index (χ0) is 31.2. The summed E-state index contributed by atoms with van der Waals surface area (Å²) < 4.78 is 102. The second-order valence-corrected chi connectivity index (χ2v) is 12.8. The van der Waals surface area contributed by atoms with Crippen LogP contribution in [0.25, 0.3) is 0 Å². The number of hydrogen-bond donors (Lipinski definition) is 2. The summed E-state index contributed by atoms with van der Waals surface area (Å²) in [5, 5.41) is 21.2. The lowest BCUT2D eigenvalue weighted by Crippen LogP contribution is -2.67. The van der Waals surface area contributed by atoms with Crippen molar-refractivity contribution >= 4 is 5.97 Å². The summed E-state index contributed by atoms with van der Waals surface area (Å²) in [5.41, 5.74) is -13.9. The van der Waals surface area contributed by atoms with Crippen LogP contribution in [0, 0.1) is 5.92 Å². The molecule has 0 saturated heterocycles. The quantitative estimate of drug-likeness (QED) is 0.161. The Hall–Kier alpha value is -1.37. The topological polar surface area (TPSA) is 85.2 Å². The van der Waals surface area contributed by atoms with E-state index in [2.05, 4.69) is 6.58 Å². The molecule has 234 valence electrons. The first-order valence-electron chi connectivity index (χ1n) is 13.6. The number of carbonyl (C=O) groups is 1. The van der Waals surface area contributed by atoms with Crippen molar-refractivity contribution < 1.29 is 55.6 Å². The Bertz CT molecular complexity index is 863. The molecular weight excluding hydrogens is 546 g/mol. The van der Waals surface area contributed by atoms with Crippen LogP contribution >= 0.6 is 0 Å². The van der Waals surface area contributed by atoms with Crippen molar-refractivity contribution in [2.45, 2.75) is 146 Å². The molecule has 0 aliphatic heterocycles. The average Bonchev–Trinajstić information content (AvgIpc) is 3.42. The molecule has 6 nitrogen and oxygen atoms in total. The van der Waals surface area contributed by atoms with E-state index in [-0.39, 0.29) is 31.3 Å². The summed E-state index contributed by atoms with van der Waals surface area (Å²) in [6.45, 7) is 10.2. The summed E-state index contributed by atoms with van der Waals surface area (Å²) >= 11 is 0. The minimum absolute atomic E-state index is 0.0576. The first-order valence-corrected chi connectivity index (χ1v) is 13.6. The minimum Gasteiger partial charge on any atom is -0.462 e. The van der Waals surface area contributed by atoms with Crippen molar-refractivity contribution in [3.63, 3.8) is 0 Å². The predicted octanol–water partition coefficient (Wildman–Crippen LogP) is 6.56. The monoisotopic (exact) mass is 590 g/mol. The van der Waals surface area contributed by atoms with Gasteiger partial charge in [-0.25, -0.2) is 4.79 Å². The van der Waals surface area contributed by atoms with Gasteiger partial charge in [-0.15, -0.1) is 0 Å². The second kappa shape index (κ2) is 11.0. The fourth-order valence-corrected chi connectivity index (χ4v) is 5.95. The Balaban J connectivity index is 2.70. The van der Waals surface area contributed by atoms with Crippen molar-refractivity contribution in [1.29, 1.82) is 0 Å². The third kappa shape index (κ3) is 6.34. The van der Waals surface area contributed by atoms with E-state index in [0.29, 0.717) is 39.5 Å². The van der Waals surface area contributed by atoms with Crippen LogP contribution in [-0.2, 0) is 19.0 Å². The fraction of sp³-hybridized carbons (Fsp3) is 0.893. The molecule has 2 unspecified atom stereocenters. The lowest BCUT2D eigenvalue weighted by atomic mass is 9.71. The number of esters is 1. The maximum atomic E-state index is 13.9. The maximum Gasteiger partial charge on any atom is 0.419 e. The van der Waals surface area contributed by atoms with E-state index in [4.69, 9.17) is 14.2 Å². The van der Waals surface area contributed by atoms with E-state index in [1.165, 1.54) is 6.92 Å². The molecule has 0 aromatic rings. The Morgan fingerprint density at radius 2 is 1.05 bits per heavy atom. The van der Waals surface area contributed by atoms with Crippen molar-refractivity contribution in [1.82, 2.24) is 0 Å². The number of carbonyl (C=O) groups excluding carboxylic acids is 1. The first-order chi connectivity index (χ1) is 17.8. The van der Waals surface area contributed by atoms with Crippen LogP contribution < -0.4 is 0 Å². The highest BCUT2D eigenvalue weighted by Crippen LogP contribution is 2.56. The molecule has 0 aromatic heterocycles. The normalized spacial score (nSPS) is 23.8. The smallest absolute Gasteiger partial charge is 0.419 e. The van der Waals surface area contributed by atoms with Gasteiger partial charge in [-0.2, -0.15) is 26.3 Å². The van der Waals surface area contributed by atoms with Crippen molar-refractivity contribution in [2.75, 3.05) is 6.61 Å². The van der Waals surface area contributed by atoms with Crippen LogP contribution in [0.3, 0.4) is 0 Å². The van der Waals surface area contributed by atoms with Crippen molar-refractivity contribution in [2.24, 2.45) is 5.92 Å². The number of hydrogen-bond acceptors (Lipinski definition) is 6. The molecule has 0 radical (unpaired) electrons. The molecule has 0 spiro atoms. The number of halogens is 6. The maximum absolute atomic E-state index is 13.9. The van der Waals surface area contributed by atoms with E-state index in [1.54, 1.807) is 0 Å². The number of aliphatic hydroxyl groups is 2. The first kappa shape index (κ1) is 34.8. The molecule has 0 heterocycles. The van der Waals surface area contributed by atoms with E-state index >= 15 is 0 Å². The lowest BCUT2D eigenvalue weighted by Gasteiger charge is -2.55. The van der Waals surface area contributed by atoms with Crippen LogP contribution in [0.1, 0.15) is 99.8 Å². The molecule has 2 rings (SSSR count). The van der Waals surface area contributed by atoms with Crippen LogP contribution in [0.4, 0.5) is 26.3 Å². The zero-order valence-electron chi connectivity index (χ0n) is 24.4. The highest BCUT2D eigenvalue weighted by atomic mass is 19.4. The van der Waals surface area contributed by atoms with E-state index < -0.39 is 64.5 Å². The Labute approximate surface area is 232 Å². The molecule has 12 heteroatoms. The fourth-order valence-electron chi connectivity index (χ4n) is 5.95. The van der Waals surface area contributed by atoms with Gasteiger partial charge in [0.2, 0.25) is 0 Å². The van der Waals surface area contributed by atoms with Gasteiger partial charge in [0, 0.05) is 5.57 Å². The molecule has 0 amide bonds. The van der Waals surface area contributed by atoms with E-state index in [0.717, 1.165) is 27.7 Å². The van der Waals surface area contributed by atoms with Gasteiger partial charge in [0.25, 0.3) is 0 Å². The molecule has 2 fully saturated rings. The Morgan fingerprint density at radius 1 is 0.750 bits per heavy atom.